The number of nitrogens with zero attached hydrogens (tertiary/aromatic N) is 3. The van der Waals surface area contributed by atoms with Gasteiger partial charge < -0.3 is 9.32 Å². The molecule has 32 heavy (non-hydrogen) atoms. The minimum Gasteiger partial charge on any atom is -0.464 e. The molecule has 0 unspecified atom stereocenters. The number of amides is 1. The molecule has 168 valence electrons. The topological polar surface area (TPSA) is 114 Å². The lowest BCUT2D eigenvalue weighted by atomic mass is 10.0. The fraction of sp³-hybridized carbons (Fsp3) is 0.318. The number of hydrogen-bond donors (Lipinski definition) is 0. The van der Waals surface area contributed by atoms with Crippen LogP contribution in [0, 0.1) is 24.0 Å². The molecule has 2 heterocycles. The number of rotatable bonds is 5. The second-order valence-electron chi connectivity index (χ2n) is 7.91. The predicted octanol–water partition coefficient (Wildman–Crippen LogP) is 3.03. The molecule has 1 saturated heterocycles. The molecule has 1 fully saturated rings. The monoisotopic (exact) mass is 457 g/mol. The molecule has 1 aliphatic heterocycles. The van der Waals surface area contributed by atoms with Crippen LogP contribution in [-0.4, -0.2) is 54.6 Å². The van der Waals surface area contributed by atoms with E-state index >= 15 is 0 Å². The predicted molar refractivity (Wildman–Crippen MR) is 118 cm³/mol. The number of furan rings is 1. The van der Waals surface area contributed by atoms with Crippen molar-refractivity contribution in [3.05, 3.63) is 69.5 Å². The van der Waals surface area contributed by atoms with Crippen molar-refractivity contribution in [3.63, 3.8) is 0 Å². The number of sulfonamides is 1. The summed E-state index contributed by atoms with van der Waals surface area (Å²) >= 11 is 0. The Morgan fingerprint density at radius 2 is 1.69 bits per heavy atom. The van der Waals surface area contributed by atoms with Gasteiger partial charge in [-0.15, -0.1) is 0 Å². The Morgan fingerprint density at radius 3 is 2.31 bits per heavy atom. The van der Waals surface area contributed by atoms with Gasteiger partial charge in [0, 0.05) is 49.3 Å². The zero-order chi connectivity index (χ0) is 23.0. The number of carbonyl (C=O) groups excluding carboxylic acids is 1. The van der Waals surface area contributed by atoms with Gasteiger partial charge in [0.25, 0.3) is 5.69 Å². The molecule has 1 aromatic heterocycles. The van der Waals surface area contributed by atoms with Crippen LogP contribution in [0.2, 0.25) is 0 Å². The van der Waals surface area contributed by atoms with E-state index in [1.54, 1.807) is 11.2 Å². The number of piperazine rings is 1. The number of hydrogen-bond acceptors (Lipinski definition) is 6. The molecule has 0 atom stereocenters. The van der Waals surface area contributed by atoms with Crippen molar-refractivity contribution in [1.82, 2.24) is 9.21 Å². The highest BCUT2D eigenvalue weighted by molar-refractivity contribution is 7.89. The number of nitro benzene ring substituents is 1. The van der Waals surface area contributed by atoms with Crippen LogP contribution >= 0.6 is 0 Å². The van der Waals surface area contributed by atoms with E-state index in [0.717, 1.165) is 27.7 Å². The molecular formula is C22H23N3O6S. The quantitative estimate of drug-likeness (QED) is 0.430. The maximum atomic E-state index is 12.8. The summed E-state index contributed by atoms with van der Waals surface area (Å²) in [4.78, 5) is 24.7. The number of benzene rings is 2. The maximum Gasteiger partial charge on any atom is 0.269 e. The lowest BCUT2D eigenvalue weighted by Gasteiger charge is -2.34. The van der Waals surface area contributed by atoms with Gasteiger partial charge in [-0.3, -0.25) is 14.9 Å². The lowest BCUT2D eigenvalue weighted by Crippen LogP contribution is -2.50. The van der Waals surface area contributed by atoms with Gasteiger partial charge in [-0.1, -0.05) is 0 Å². The van der Waals surface area contributed by atoms with Crippen molar-refractivity contribution in [2.45, 2.75) is 25.2 Å². The van der Waals surface area contributed by atoms with Crippen LogP contribution in [0.5, 0.6) is 0 Å². The number of non-ortho nitro benzene ring substituents is 1. The van der Waals surface area contributed by atoms with E-state index in [4.69, 9.17) is 4.42 Å². The Balaban J connectivity index is 1.41. The average molecular weight is 458 g/mol. The molecule has 1 aliphatic rings. The van der Waals surface area contributed by atoms with E-state index in [-0.39, 0.29) is 49.1 Å². The summed E-state index contributed by atoms with van der Waals surface area (Å²) < 4.78 is 32.6. The van der Waals surface area contributed by atoms with Gasteiger partial charge in [0.15, 0.2) is 0 Å². The molecule has 4 rings (SSSR count). The molecule has 0 aliphatic carbocycles. The summed E-state index contributed by atoms with van der Waals surface area (Å²) in [6.45, 7) is 4.90. The van der Waals surface area contributed by atoms with Crippen molar-refractivity contribution in [3.8, 4) is 0 Å². The normalized spacial score (nSPS) is 15.2. The third-order valence-corrected chi connectivity index (χ3v) is 7.80. The van der Waals surface area contributed by atoms with Gasteiger partial charge >= 0.3 is 0 Å². The first-order valence-corrected chi connectivity index (χ1v) is 11.6. The van der Waals surface area contributed by atoms with E-state index in [1.165, 1.54) is 28.6 Å². The summed E-state index contributed by atoms with van der Waals surface area (Å²) in [5.41, 5.74) is 3.63. The van der Waals surface area contributed by atoms with Crippen LogP contribution in [0.4, 0.5) is 5.69 Å². The minimum absolute atomic E-state index is 0.00148. The summed E-state index contributed by atoms with van der Waals surface area (Å²) in [6.07, 6.45) is 1.79. The highest BCUT2D eigenvalue weighted by atomic mass is 32.2. The second kappa shape index (κ2) is 8.36. The smallest absolute Gasteiger partial charge is 0.269 e. The van der Waals surface area contributed by atoms with Crippen LogP contribution in [0.1, 0.15) is 16.7 Å². The van der Waals surface area contributed by atoms with Crippen molar-refractivity contribution >= 4 is 32.6 Å². The highest BCUT2D eigenvalue weighted by Crippen LogP contribution is 2.26. The van der Waals surface area contributed by atoms with E-state index in [0.29, 0.717) is 0 Å². The fourth-order valence-electron chi connectivity index (χ4n) is 3.81. The second-order valence-corrected chi connectivity index (χ2v) is 9.84. The third-order valence-electron chi connectivity index (χ3n) is 5.89. The standard InChI is InChI=1S/C22H23N3O6S/c1-15-11-20-17(14-31-21(20)12-16(15)2)13-22(26)23-7-9-24(10-8-23)32(29,30)19-5-3-18(4-6-19)25(27)28/h3-6,11-12,14H,7-10,13H2,1-2H3. The lowest BCUT2D eigenvalue weighted by molar-refractivity contribution is -0.384. The third kappa shape index (κ3) is 4.11. The van der Waals surface area contributed by atoms with E-state index in [9.17, 15) is 23.3 Å². The fourth-order valence-corrected chi connectivity index (χ4v) is 5.24. The number of carbonyl (C=O) groups is 1. The van der Waals surface area contributed by atoms with Crippen LogP contribution in [0.15, 0.2) is 52.0 Å². The van der Waals surface area contributed by atoms with Gasteiger partial charge in [-0.25, -0.2) is 8.42 Å². The minimum atomic E-state index is -3.78. The van der Waals surface area contributed by atoms with Gasteiger partial charge in [0.2, 0.25) is 15.9 Å². The summed E-state index contributed by atoms with van der Waals surface area (Å²) in [5, 5.41) is 11.7. The highest BCUT2D eigenvalue weighted by Gasteiger charge is 2.30. The summed E-state index contributed by atoms with van der Waals surface area (Å²) in [5.74, 6) is -0.0849. The van der Waals surface area contributed by atoms with Crippen molar-refractivity contribution in [1.29, 1.82) is 0 Å². The Labute approximate surface area is 185 Å². The molecule has 0 spiro atoms. The average Bonchev–Trinajstić information content (AvgIpc) is 3.15. The first-order chi connectivity index (χ1) is 15.2. The van der Waals surface area contributed by atoms with Crippen LogP contribution < -0.4 is 0 Å². The SMILES string of the molecule is Cc1cc2occ(CC(=O)N3CCN(S(=O)(=O)c4ccc([N+](=O)[O-])cc4)CC3)c2cc1C. The van der Waals surface area contributed by atoms with Gasteiger partial charge in [0.1, 0.15) is 5.58 Å². The maximum absolute atomic E-state index is 12.8. The van der Waals surface area contributed by atoms with Gasteiger partial charge in [-0.05, 0) is 49.2 Å². The Morgan fingerprint density at radius 1 is 1.06 bits per heavy atom. The molecule has 0 saturated carbocycles. The molecule has 9 nitrogen and oxygen atoms in total. The summed E-state index contributed by atoms with van der Waals surface area (Å²) in [7, 11) is -3.78. The van der Waals surface area contributed by atoms with Crippen molar-refractivity contribution in [2.24, 2.45) is 0 Å². The van der Waals surface area contributed by atoms with Crippen LogP contribution in [0.25, 0.3) is 11.0 Å². The largest absolute Gasteiger partial charge is 0.464 e. The molecule has 10 heteroatoms. The zero-order valence-corrected chi connectivity index (χ0v) is 18.6. The molecule has 3 aromatic rings. The first-order valence-electron chi connectivity index (χ1n) is 10.2. The molecule has 0 radical (unpaired) electrons. The van der Waals surface area contributed by atoms with Crippen molar-refractivity contribution in [2.75, 3.05) is 26.2 Å². The van der Waals surface area contributed by atoms with E-state index in [2.05, 4.69) is 0 Å². The number of nitro groups is 1. The molecule has 0 bridgehead atoms. The molecule has 2 aromatic carbocycles. The van der Waals surface area contributed by atoms with E-state index < -0.39 is 14.9 Å². The Kier molecular flexibility index (Phi) is 5.74. The molecule has 0 N–H and O–H groups in total. The first kappa shape index (κ1) is 22.0. The summed E-state index contributed by atoms with van der Waals surface area (Å²) in [6, 6.07) is 8.79. The van der Waals surface area contributed by atoms with Crippen LogP contribution in [-0.2, 0) is 21.2 Å². The van der Waals surface area contributed by atoms with Gasteiger partial charge in [-0.2, -0.15) is 4.31 Å². The number of fused-ring (bicyclic) bond motifs is 1. The molecule has 1 amide bonds. The van der Waals surface area contributed by atoms with E-state index in [1.807, 2.05) is 26.0 Å². The van der Waals surface area contributed by atoms with Crippen LogP contribution in [0.3, 0.4) is 0 Å². The number of aryl methyl sites for hydroxylation is 2. The molecular weight excluding hydrogens is 434 g/mol. The Bertz CT molecular complexity index is 1290. The zero-order valence-electron chi connectivity index (χ0n) is 17.8. The van der Waals surface area contributed by atoms with Gasteiger partial charge in [0.05, 0.1) is 22.5 Å². The van der Waals surface area contributed by atoms with Crippen molar-refractivity contribution < 1.29 is 22.6 Å². The Hall–Kier alpha value is -3.24.